The van der Waals surface area contributed by atoms with Crippen molar-refractivity contribution in [2.75, 3.05) is 23.9 Å². The quantitative estimate of drug-likeness (QED) is 0.225. The number of amides is 2. The number of halogens is 1. The Morgan fingerprint density at radius 2 is 1.83 bits per heavy atom. The molecule has 0 unspecified atom stereocenters. The maximum Gasteiger partial charge on any atom is 0.303 e. The zero-order valence-corrected chi connectivity index (χ0v) is 21.0. The SMILES string of the molecule is Cc1ccccc1-c1ccc(C(=O)N(C)c2ccc(Cl)cc2OCCCCCC(=O)O)c(NC=O)c1. The lowest BCUT2D eigenvalue weighted by atomic mass is 9.98. The van der Waals surface area contributed by atoms with E-state index in [4.69, 9.17) is 21.4 Å². The first kappa shape index (κ1) is 26.8. The first-order valence-electron chi connectivity index (χ1n) is 11.6. The van der Waals surface area contributed by atoms with Gasteiger partial charge in [-0.1, -0.05) is 41.9 Å². The van der Waals surface area contributed by atoms with Gasteiger partial charge in [0, 0.05) is 24.6 Å². The Morgan fingerprint density at radius 3 is 2.56 bits per heavy atom. The number of aliphatic carboxylic acids is 1. The van der Waals surface area contributed by atoms with E-state index in [1.807, 2.05) is 37.3 Å². The normalized spacial score (nSPS) is 10.5. The number of carbonyl (C=O) groups is 3. The van der Waals surface area contributed by atoms with Gasteiger partial charge in [-0.25, -0.2) is 0 Å². The minimum absolute atomic E-state index is 0.124. The molecule has 36 heavy (non-hydrogen) atoms. The molecule has 0 aliphatic heterocycles. The molecular formula is C28H29ClN2O5. The smallest absolute Gasteiger partial charge is 0.303 e. The molecule has 3 aromatic carbocycles. The summed E-state index contributed by atoms with van der Waals surface area (Å²) in [6.45, 7) is 2.36. The van der Waals surface area contributed by atoms with E-state index in [1.165, 1.54) is 4.90 Å². The lowest BCUT2D eigenvalue weighted by molar-refractivity contribution is -0.137. The van der Waals surface area contributed by atoms with Crippen LogP contribution in [0.1, 0.15) is 41.6 Å². The summed E-state index contributed by atoms with van der Waals surface area (Å²) in [5, 5.41) is 11.9. The molecule has 7 nitrogen and oxygen atoms in total. The standard InChI is InChI=1S/C28H29ClN2O5/c1-19-8-5-6-9-22(19)20-11-13-23(24(16-20)30-18-32)28(35)31(2)25-14-12-21(29)17-26(25)36-15-7-3-4-10-27(33)34/h5-6,8-9,11-14,16-18H,3-4,7,10,15H2,1-2H3,(H,30,32)(H,33,34). The van der Waals surface area contributed by atoms with Gasteiger partial charge in [-0.15, -0.1) is 0 Å². The van der Waals surface area contributed by atoms with Gasteiger partial charge in [0.15, 0.2) is 0 Å². The van der Waals surface area contributed by atoms with Crippen molar-refractivity contribution in [1.29, 1.82) is 0 Å². The highest BCUT2D eigenvalue weighted by molar-refractivity contribution is 6.31. The van der Waals surface area contributed by atoms with Gasteiger partial charge in [-0.2, -0.15) is 0 Å². The van der Waals surface area contributed by atoms with Crippen molar-refractivity contribution in [2.45, 2.75) is 32.6 Å². The van der Waals surface area contributed by atoms with Gasteiger partial charge >= 0.3 is 5.97 Å². The molecule has 0 aliphatic carbocycles. The van der Waals surface area contributed by atoms with Crippen LogP contribution in [0.5, 0.6) is 5.75 Å². The van der Waals surface area contributed by atoms with Gasteiger partial charge in [0.25, 0.3) is 5.91 Å². The third kappa shape index (κ3) is 6.86. The molecule has 8 heteroatoms. The zero-order chi connectivity index (χ0) is 26.1. The summed E-state index contributed by atoms with van der Waals surface area (Å²) >= 11 is 6.17. The van der Waals surface area contributed by atoms with Crippen LogP contribution >= 0.6 is 11.6 Å². The van der Waals surface area contributed by atoms with Gasteiger partial charge in [-0.05, 0) is 67.1 Å². The Bertz CT molecular complexity index is 1240. The number of carbonyl (C=O) groups excluding carboxylic acids is 2. The van der Waals surface area contributed by atoms with E-state index in [1.54, 1.807) is 37.4 Å². The van der Waals surface area contributed by atoms with E-state index in [2.05, 4.69) is 5.32 Å². The van der Waals surface area contributed by atoms with Crippen molar-refractivity contribution in [3.05, 3.63) is 76.8 Å². The molecule has 2 amide bonds. The molecule has 3 rings (SSSR count). The first-order valence-corrected chi connectivity index (χ1v) is 12.0. The van der Waals surface area contributed by atoms with Crippen molar-refractivity contribution in [3.8, 4) is 16.9 Å². The number of hydrogen-bond acceptors (Lipinski definition) is 4. The van der Waals surface area contributed by atoms with Crippen molar-refractivity contribution >= 4 is 41.3 Å². The number of rotatable bonds is 12. The molecule has 0 atom stereocenters. The molecule has 0 heterocycles. The molecule has 0 aromatic heterocycles. The molecule has 0 saturated carbocycles. The average Bonchev–Trinajstić information content (AvgIpc) is 2.86. The Morgan fingerprint density at radius 1 is 1.06 bits per heavy atom. The predicted molar refractivity (Wildman–Crippen MR) is 142 cm³/mol. The summed E-state index contributed by atoms with van der Waals surface area (Å²) < 4.78 is 5.90. The topological polar surface area (TPSA) is 95.9 Å². The zero-order valence-electron chi connectivity index (χ0n) is 20.3. The number of ether oxygens (including phenoxy) is 1. The molecule has 0 aliphatic rings. The lowest BCUT2D eigenvalue weighted by Crippen LogP contribution is -2.27. The maximum atomic E-state index is 13.5. The second-order valence-corrected chi connectivity index (χ2v) is 8.80. The van der Waals surface area contributed by atoms with Crippen LogP contribution in [0.3, 0.4) is 0 Å². The molecule has 2 N–H and O–H groups in total. The molecular weight excluding hydrogens is 480 g/mol. The molecule has 0 saturated heterocycles. The van der Waals surface area contributed by atoms with Crippen LogP contribution in [0.2, 0.25) is 5.02 Å². The fourth-order valence-electron chi connectivity index (χ4n) is 3.89. The van der Waals surface area contributed by atoms with Gasteiger partial charge in [-0.3, -0.25) is 14.4 Å². The Labute approximate surface area is 215 Å². The lowest BCUT2D eigenvalue weighted by Gasteiger charge is -2.22. The summed E-state index contributed by atoms with van der Waals surface area (Å²) in [6, 6.07) is 18.2. The van der Waals surface area contributed by atoms with Crippen LogP contribution in [-0.2, 0) is 9.59 Å². The van der Waals surface area contributed by atoms with Crippen molar-refractivity contribution in [1.82, 2.24) is 0 Å². The largest absolute Gasteiger partial charge is 0.491 e. The van der Waals surface area contributed by atoms with E-state index in [-0.39, 0.29) is 12.3 Å². The summed E-state index contributed by atoms with van der Waals surface area (Å²) in [5.41, 5.74) is 4.23. The minimum atomic E-state index is -0.816. The molecule has 0 spiro atoms. The summed E-state index contributed by atoms with van der Waals surface area (Å²) in [4.78, 5) is 36.9. The number of carboxylic acid groups (broad SMARTS) is 1. The van der Waals surface area contributed by atoms with E-state index in [0.29, 0.717) is 60.0 Å². The van der Waals surface area contributed by atoms with Crippen LogP contribution in [0, 0.1) is 6.92 Å². The maximum absolute atomic E-state index is 13.5. The summed E-state index contributed by atoms with van der Waals surface area (Å²) in [6.07, 6.45) is 2.63. The number of anilines is 2. The third-order valence-electron chi connectivity index (χ3n) is 5.80. The Hall–Kier alpha value is -3.84. The number of carboxylic acids is 1. The Kier molecular flexibility index (Phi) is 9.47. The number of unbranched alkanes of at least 4 members (excludes halogenated alkanes) is 2. The fourth-order valence-corrected chi connectivity index (χ4v) is 4.05. The summed E-state index contributed by atoms with van der Waals surface area (Å²) in [7, 11) is 1.63. The second kappa shape index (κ2) is 12.7. The van der Waals surface area contributed by atoms with E-state index in [0.717, 1.165) is 16.7 Å². The van der Waals surface area contributed by atoms with Crippen LogP contribution in [0.25, 0.3) is 11.1 Å². The second-order valence-electron chi connectivity index (χ2n) is 8.37. The molecule has 0 bridgehead atoms. The molecule has 0 fully saturated rings. The highest BCUT2D eigenvalue weighted by atomic mass is 35.5. The first-order chi connectivity index (χ1) is 17.3. The van der Waals surface area contributed by atoms with Gasteiger partial charge in [0.2, 0.25) is 6.41 Å². The fraction of sp³-hybridized carbons (Fsp3) is 0.250. The van der Waals surface area contributed by atoms with Crippen LogP contribution < -0.4 is 15.0 Å². The molecule has 0 radical (unpaired) electrons. The van der Waals surface area contributed by atoms with Gasteiger partial charge in [0.1, 0.15) is 5.75 Å². The molecule has 3 aromatic rings. The minimum Gasteiger partial charge on any atom is -0.491 e. The average molecular weight is 509 g/mol. The van der Waals surface area contributed by atoms with Crippen LogP contribution in [-0.4, -0.2) is 37.0 Å². The number of nitrogens with zero attached hydrogens (tertiary/aromatic N) is 1. The monoisotopic (exact) mass is 508 g/mol. The van der Waals surface area contributed by atoms with E-state index >= 15 is 0 Å². The number of benzene rings is 3. The number of hydrogen-bond donors (Lipinski definition) is 2. The van der Waals surface area contributed by atoms with E-state index < -0.39 is 5.97 Å². The van der Waals surface area contributed by atoms with E-state index in [9.17, 15) is 14.4 Å². The van der Waals surface area contributed by atoms with Crippen LogP contribution in [0.15, 0.2) is 60.7 Å². The number of aryl methyl sites for hydroxylation is 1. The predicted octanol–water partition coefficient (Wildman–Crippen LogP) is 6.18. The van der Waals surface area contributed by atoms with Gasteiger partial charge < -0.3 is 20.1 Å². The number of nitrogens with one attached hydrogen (secondary N) is 1. The highest BCUT2D eigenvalue weighted by Crippen LogP contribution is 2.34. The van der Waals surface area contributed by atoms with Crippen molar-refractivity contribution in [3.63, 3.8) is 0 Å². The highest BCUT2D eigenvalue weighted by Gasteiger charge is 2.21. The Balaban J connectivity index is 1.82. The van der Waals surface area contributed by atoms with Crippen molar-refractivity contribution < 1.29 is 24.2 Å². The summed E-state index contributed by atoms with van der Waals surface area (Å²) in [5.74, 6) is -0.703. The third-order valence-corrected chi connectivity index (χ3v) is 6.04. The molecule has 188 valence electrons. The van der Waals surface area contributed by atoms with Crippen molar-refractivity contribution in [2.24, 2.45) is 0 Å². The van der Waals surface area contributed by atoms with Gasteiger partial charge in [0.05, 0.1) is 23.5 Å². The van der Waals surface area contributed by atoms with Crippen LogP contribution in [0.4, 0.5) is 11.4 Å².